The van der Waals surface area contributed by atoms with Crippen molar-refractivity contribution in [1.82, 2.24) is 15.1 Å². The van der Waals surface area contributed by atoms with E-state index in [1.54, 1.807) is 11.3 Å². The van der Waals surface area contributed by atoms with Crippen LogP contribution in [-0.2, 0) is 11.3 Å². The molecule has 98 valence electrons. The molecule has 1 rings (SSSR count). The maximum Gasteiger partial charge on any atom is 0.205 e. The van der Waals surface area contributed by atoms with Crippen LogP contribution >= 0.6 is 11.3 Å². The Morgan fingerprint density at radius 2 is 2.18 bits per heavy atom. The maximum atomic E-state index is 5.51. The first-order valence-corrected chi connectivity index (χ1v) is 6.79. The van der Waals surface area contributed by atoms with Crippen molar-refractivity contribution >= 4 is 16.5 Å². The van der Waals surface area contributed by atoms with Crippen LogP contribution in [0.5, 0.6) is 0 Å². The zero-order valence-electron chi connectivity index (χ0n) is 11.1. The predicted molar refractivity (Wildman–Crippen MR) is 71.5 cm³/mol. The third-order valence-corrected chi connectivity index (χ3v) is 2.99. The Kier molecular flexibility index (Phi) is 6.39. The minimum Gasteiger partial charge on any atom is -0.377 e. The number of nitrogens with zero attached hydrogens (tertiary/aromatic N) is 3. The Labute approximate surface area is 107 Å². The lowest BCUT2D eigenvalue weighted by Crippen LogP contribution is -2.23. The predicted octanol–water partition coefficient (Wildman–Crippen LogP) is 1.83. The van der Waals surface area contributed by atoms with Crippen LogP contribution in [0.2, 0.25) is 0 Å². The molecule has 0 saturated heterocycles. The Hall–Kier alpha value is -0.720. The van der Waals surface area contributed by atoms with Crippen LogP contribution < -0.4 is 5.32 Å². The second-order valence-electron chi connectivity index (χ2n) is 4.19. The summed E-state index contributed by atoms with van der Waals surface area (Å²) in [6, 6.07) is 0. The Morgan fingerprint density at radius 1 is 1.41 bits per heavy atom. The first-order valence-electron chi connectivity index (χ1n) is 5.98. The molecule has 0 aliphatic heterocycles. The van der Waals surface area contributed by atoms with Crippen molar-refractivity contribution in [1.29, 1.82) is 0 Å². The van der Waals surface area contributed by atoms with Gasteiger partial charge in [0, 0.05) is 13.1 Å². The lowest BCUT2D eigenvalue weighted by atomic mass is 10.5. The minimum atomic E-state index is 0.297. The van der Waals surface area contributed by atoms with Crippen molar-refractivity contribution in [2.75, 3.05) is 32.1 Å². The average Bonchev–Trinajstić information content (AvgIpc) is 2.65. The van der Waals surface area contributed by atoms with Crippen LogP contribution in [0.25, 0.3) is 0 Å². The minimum absolute atomic E-state index is 0.297. The zero-order valence-corrected chi connectivity index (χ0v) is 11.9. The molecule has 0 aliphatic carbocycles. The van der Waals surface area contributed by atoms with Gasteiger partial charge in [-0.2, -0.15) is 0 Å². The van der Waals surface area contributed by atoms with E-state index in [0.717, 1.165) is 36.4 Å². The van der Waals surface area contributed by atoms with Gasteiger partial charge in [0.25, 0.3) is 0 Å². The molecule has 1 heterocycles. The number of likely N-dealkylation sites (N-methyl/N-ethyl adjacent to an activating group) is 1. The van der Waals surface area contributed by atoms with Gasteiger partial charge in [-0.15, -0.1) is 10.2 Å². The molecule has 0 saturated carbocycles. The Bertz CT molecular complexity index is 316. The van der Waals surface area contributed by atoms with E-state index in [4.69, 9.17) is 4.74 Å². The van der Waals surface area contributed by atoms with Crippen LogP contribution in [0.15, 0.2) is 0 Å². The van der Waals surface area contributed by atoms with Crippen molar-refractivity contribution < 1.29 is 4.74 Å². The van der Waals surface area contributed by atoms with Crippen LogP contribution in [0.4, 0.5) is 5.13 Å². The fourth-order valence-corrected chi connectivity index (χ4v) is 2.18. The third kappa shape index (κ3) is 5.95. The maximum absolute atomic E-state index is 5.51. The topological polar surface area (TPSA) is 50.3 Å². The van der Waals surface area contributed by atoms with E-state index >= 15 is 0 Å². The molecule has 0 fully saturated rings. The van der Waals surface area contributed by atoms with Gasteiger partial charge >= 0.3 is 0 Å². The molecule has 17 heavy (non-hydrogen) atoms. The average molecular weight is 258 g/mol. The number of rotatable bonds is 8. The summed E-state index contributed by atoms with van der Waals surface area (Å²) < 4.78 is 5.51. The summed E-state index contributed by atoms with van der Waals surface area (Å²) in [7, 11) is 2.07. The van der Waals surface area contributed by atoms with E-state index in [9.17, 15) is 0 Å². The Balaban J connectivity index is 2.26. The van der Waals surface area contributed by atoms with Crippen molar-refractivity contribution in [3.05, 3.63) is 5.01 Å². The van der Waals surface area contributed by atoms with E-state index in [-0.39, 0.29) is 0 Å². The summed E-state index contributed by atoms with van der Waals surface area (Å²) in [4.78, 5) is 2.19. The van der Waals surface area contributed by atoms with E-state index in [1.165, 1.54) is 0 Å². The van der Waals surface area contributed by atoms with Crippen molar-refractivity contribution in [2.24, 2.45) is 0 Å². The fraction of sp³-hybridized carbons (Fsp3) is 0.818. The van der Waals surface area contributed by atoms with E-state index < -0.39 is 0 Å². The molecule has 0 aromatic carbocycles. The highest BCUT2D eigenvalue weighted by atomic mass is 32.1. The fourth-order valence-electron chi connectivity index (χ4n) is 1.29. The zero-order chi connectivity index (χ0) is 12.7. The summed E-state index contributed by atoms with van der Waals surface area (Å²) in [6.07, 6.45) is 0.297. The van der Waals surface area contributed by atoms with Crippen LogP contribution in [0.1, 0.15) is 25.8 Å². The first-order chi connectivity index (χ1) is 8.11. The van der Waals surface area contributed by atoms with Crippen molar-refractivity contribution in [3.63, 3.8) is 0 Å². The number of hydrogen-bond donors (Lipinski definition) is 1. The van der Waals surface area contributed by atoms with Gasteiger partial charge in [0.2, 0.25) is 5.13 Å². The van der Waals surface area contributed by atoms with E-state index in [0.29, 0.717) is 6.10 Å². The molecule has 1 aromatic rings. The summed E-state index contributed by atoms with van der Waals surface area (Å²) in [5, 5.41) is 13.3. The molecule has 0 amide bonds. The molecule has 0 spiro atoms. The highest BCUT2D eigenvalue weighted by molar-refractivity contribution is 7.15. The molecule has 0 bridgehead atoms. The second kappa shape index (κ2) is 7.58. The van der Waals surface area contributed by atoms with Crippen molar-refractivity contribution in [2.45, 2.75) is 33.4 Å². The molecular formula is C11H22N4OS. The number of nitrogens with one attached hydrogen (secondary N) is 1. The van der Waals surface area contributed by atoms with Gasteiger partial charge in [-0.05, 0) is 27.8 Å². The quantitative estimate of drug-likeness (QED) is 0.771. The molecule has 5 nitrogen and oxygen atoms in total. The summed E-state index contributed by atoms with van der Waals surface area (Å²) in [6.45, 7) is 9.52. The monoisotopic (exact) mass is 258 g/mol. The number of ether oxygens (including phenoxy) is 1. The van der Waals surface area contributed by atoms with Crippen LogP contribution in [0.3, 0.4) is 0 Å². The van der Waals surface area contributed by atoms with Gasteiger partial charge in [-0.3, -0.25) is 4.90 Å². The lowest BCUT2D eigenvalue weighted by molar-refractivity contribution is 0.0626. The van der Waals surface area contributed by atoms with E-state index in [1.807, 2.05) is 13.8 Å². The van der Waals surface area contributed by atoms with E-state index in [2.05, 4.69) is 34.4 Å². The molecule has 0 aliphatic rings. The normalized spacial score (nSPS) is 11.4. The summed E-state index contributed by atoms with van der Waals surface area (Å²) in [5.41, 5.74) is 0. The standard InChI is InChI=1S/C11H22N4OS/c1-5-12-11-14-13-10(17-11)8-15(4)6-7-16-9(2)3/h9H,5-8H2,1-4H3,(H,12,14). The highest BCUT2D eigenvalue weighted by Crippen LogP contribution is 2.15. The van der Waals surface area contributed by atoms with Gasteiger partial charge < -0.3 is 10.1 Å². The largest absolute Gasteiger partial charge is 0.377 e. The lowest BCUT2D eigenvalue weighted by Gasteiger charge is -2.15. The molecule has 0 atom stereocenters. The molecule has 0 radical (unpaired) electrons. The number of aromatic nitrogens is 2. The van der Waals surface area contributed by atoms with Crippen LogP contribution in [-0.4, -0.2) is 47.9 Å². The van der Waals surface area contributed by atoms with Crippen molar-refractivity contribution in [3.8, 4) is 0 Å². The SMILES string of the molecule is CCNc1nnc(CN(C)CCOC(C)C)s1. The number of anilines is 1. The van der Waals surface area contributed by atoms with Gasteiger partial charge in [-0.25, -0.2) is 0 Å². The first kappa shape index (κ1) is 14.3. The van der Waals surface area contributed by atoms with Gasteiger partial charge in [0.05, 0.1) is 19.3 Å². The molecule has 6 heteroatoms. The molecule has 0 unspecified atom stereocenters. The van der Waals surface area contributed by atoms with Gasteiger partial charge in [0.1, 0.15) is 5.01 Å². The number of hydrogen-bond acceptors (Lipinski definition) is 6. The van der Waals surface area contributed by atoms with Crippen LogP contribution in [0, 0.1) is 0 Å². The summed E-state index contributed by atoms with van der Waals surface area (Å²) in [5.74, 6) is 0. The van der Waals surface area contributed by atoms with Gasteiger partial charge in [0.15, 0.2) is 0 Å². The highest BCUT2D eigenvalue weighted by Gasteiger charge is 2.06. The smallest absolute Gasteiger partial charge is 0.205 e. The Morgan fingerprint density at radius 3 is 2.82 bits per heavy atom. The van der Waals surface area contributed by atoms with Gasteiger partial charge in [-0.1, -0.05) is 11.3 Å². The third-order valence-electron chi connectivity index (χ3n) is 2.12. The molecular weight excluding hydrogens is 236 g/mol. The molecule has 1 N–H and O–H groups in total. The molecule has 1 aromatic heterocycles. The summed E-state index contributed by atoms with van der Waals surface area (Å²) >= 11 is 1.61. The second-order valence-corrected chi connectivity index (χ2v) is 5.25.